The fraction of sp³-hybridized carbons (Fsp3) is 0. The topological polar surface area (TPSA) is 63.3 Å². The van der Waals surface area contributed by atoms with Gasteiger partial charge < -0.3 is 9.52 Å². The number of aromatic carboxylic acids is 1. The minimum Gasteiger partial charge on any atom is -0.478 e. The van der Waals surface area contributed by atoms with Gasteiger partial charge in [0.15, 0.2) is 5.58 Å². The van der Waals surface area contributed by atoms with E-state index < -0.39 is 17.6 Å². The van der Waals surface area contributed by atoms with Crippen LogP contribution < -0.4 is 0 Å². The molecule has 4 nitrogen and oxygen atoms in total. The maximum Gasteiger partial charge on any atom is 0.339 e. The highest BCUT2D eigenvalue weighted by molar-refractivity contribution is 6.00. The first-order valence-electron chi connectivity index (χ1n) is 5.64. The monoisotopic (exact) mass is 275 g/mol. The van der Waals surface area contributed by atoms with E-state index in [1.54, 1.807) is 0 Å². The van der Waals surface area contributed by atoms with E-state index in [1.165, 1.54) is 18.2 Å². The quantitative estimate of drug-likeness (QED) is 0.777. The van der Waals surface area contributed by atoms with Crippen LogP contribution in [0.4, 0.5) is 8.78 Å². The predicted octanol–water partition coefficient (Wildman–Crippen LogP) is 3.47. The number of carboxylic acids is 1. The van der Waals surface area contributed by atoms with Crippen LogP contribution in [0.25, 0.3) is 22.6 Å². The van der Waals surface area contributed by atoms with Crippen LogP contribution in [0.1, 0.15) is 10.4 Å². The Kier molecular flexibility index (Phi) is 2.71. The summed E-state index contributed by atoms with van der Waals surface area (Å²) >= 11 is 0. The van der Waals surface area contributed by atoms with Crippen molar-refractivity contribution in [1.29, 1.82) is 0 Å². The van der Waals surface area contributed by atoms with Gasteiger partial charge in [0.25, 0.3) is 0 Å². The molecule has 1 N–H and O–H groups in total. The van der Waals surface area contributed by atoms with E-state index in [2.05, 4.69) is 4.98 Å². The van der Waals surface area contributed by atoms with Crippen LogP contribution in [0.3, 0.4) is 0 Å². The fourth-order valence-corrected chi connectivity index (χ4v) is 1.89. The van der Waals surface area contributed by atoms with Gasteiger partial charge in [-0.05, 0) is 30.3 Å². The van der Waals surface area contributed by atoms with Gasteiger partial charge in [-0.1, -0.05) is 6.07 Å². The van der Waals surface area contributed by atoms with Gasteiger partial charge in [-0.25, -0.2) is 18.6 Å². The van der Waals surface area contributed by atoms with E-state index in [0.717, 1.165) is 18.2 Å². The summed E-state index contributed by atoms with van der Waals surface area (Å²) in [5.74, 6) is -2.68. The molecule has 0 spiro atoms. The first kappa shape index (κ1) is 12.3. The molecule has 20 heavy (non-hydrogen) atoms. The molecule has 0 aliphatic heterocycles. The number of rotatable bonds is 2. The van der Waals surface area contributed by atoms with Crippen LogP contribution in [0.15, 0.2) is 40.8 Å². The molecule has 3 rings (SSSR count). The van der Waals surface area contributed by atoms with Gasteiger partial charge in [0.1, 0.15) is 22.7 Å². The molecule has 0 aliphatic rings. The second-order valence-electron chi connectivity index (χ2n) is 4.10. The fourth-order valence-electron chi connectivity index (χ4n) is 1.89. The Morgan fingerprint density at radius 3 is 2.75 bits per heavy atom. The lowest BCUT2D eigenvalue weighted by Gasteiger charge is -1.97. The number of carboxylic acid groups (broad SMARTS) is 1. The molecule has 0 radical (unpaired) electrons. The Morgan fingerprint density at radius 1 is 1.20 bits per heavy atom. The lowest BCUT2D eigenvalue weighted by Crippen LogP contribution is -1.95. The minimum atomic E-state index is -1.18. The number of aromatic nitrogens is 1. The third-order valence-electron chi connectivity index (χ3n) is 2.80. The molecule has 6 heteroatoms. The van der Waals surface area contributed by atoms with Crippen molar-refractivity contribution in [1.82, 2.24) is 4.98 Å². The number of benzene rings is 2. The molecule has 2 aromatic carbocycles. The first-order chi connectivity index (χ1) is 9.56. The van der Waals surface area contributed by atoms with Crippen molar-refractivity contribution in [3.8, 4) is 11.5 Å². The molecule has 0 amide bonds. The lowest BCUT2D eigenvalue weighted by molar-refractivity contribution is 0.0698. The highest BCUT2D eigenvalue weighted by Crippen LogP contribution is 2.28. The van der Waals surface area contributed by atoms with Gasteiger partial charge in [0.05, 0.1) is 5.56 Å². The molecule has 3 aromatic rings. The Balaban J connectivity index is 2.26. The summed E-state index contributed by atoms with van der Waals surface area (Å²) in [7, 11) is 0. The number of carbonyl (C=O) groups is 1. The molecule has 1 heterocycles. The zero-order valence-corrected chi connectivity index (χ0v) is 9.93. The zero-order chi connectivity index (χ0) is 14.3. The summed E-state index contributed by atoms with van der Waals surface area (Å²) < 4.78 is 32.1. The van der Waals surface area contributed by atoms with Crippen LogP contribution in [0.5, 0.6) is 0 Å². The van der Waals surface area contributed by atoms with Gasteiger partial charge in [0, 0.05) is 0 Å². The van der Waals surface area contributed by atoms with Crippen LogP contribution >= 0.6 is 0 Å². The van der Waals surface area contributed by atoms with Crippen molar-refractivity contribution in [3.05, 3.63) is 53.6 Å². The lowest BCUT2D eigenvalue weighted by atomic mass is 10.2. The maximum atomic E-state index is 13.7. The van der Waals surface area contributed by atoms with Gasteiger partial charge in [-0.15, -0.1) is 0 Å². The number of oxazole rings is 1. The number of fused-ring (bicyclic) bond motifs is 1. The number of halogens is 2. The van der Waals surface area contributed by atoms with Crippen molar-refractivity contribution in [2.75, 3.05) is 0 Å². The molecule has 1 aromatic heterocycles. The van der Waals surface area contributed by atoms with E-state index >= 15 is 0 Å². The van der Waals surface area contributed by atoms with Crippen molar-refractivity contribution in [3.63, 3.8) is 0 Å². The summed E-state index contributed by atoms with van der Waals surface area (Å²) in [6.45, 7) is 0. The Morgan fingerprint density at radius 2 is 2.00 bits per heavy atom. The zero-order valence-electron chi connectivity index (χ0n) is 9.93. The van der Waals surface area contributed by atoms with Gasteiger partial charge in [0.2, 0.25) is 5.89 Å². The van der Waals surface area contributed by atoms with Crippen LogP contribution in [-0.2, 0) is 0 Å². The second-order valence-corrected chi connectivity index (χ2v) is 4.10. The van der Waals surface area contributed by atoms with Gasteiger partial charge in [-0.2, -0.15) is 0 Å². The maximum absolute atomic E-state index is 13.7. The van der Waals surface area contributed by atoms with E-state index in [4.69, 9.17) is 9.52 Å². The van der Waals surface area contributed by atoms with Crippen molar-refractivity contribution >= 4 is 17.1 Å². The molecule has 0 saturated carbocycles. The summed E-state index contributed by atoms with van der Waals surface area (Å²) in [6, 6.07) is 7.26. The van der Waals surface area contributed by atoms with Crippen molar-refractivity contribution in [2.45, 2.75) is 0 Å². The van der Waals surface area contributed by atoms with E-state index in [-0.39, 0.29) is 28.1 Å². The summed E-state index contributed by atoms with van der Waals surface area (Å²) in [5.41, 5.74) is 0.0535. The molecule has 0 fully saturated rings. The smallest absolute Gasteiger partial charge is 0.339 e. The van der Waals surface area contributed by atoms with Gasteiger partial charge >= 0.3 is 5.97 Å². The molecular formula is C14H7F2NO3. The van der Waals surface area contributed by atoms with Crippen molar-refractivity contribution in [2.24, 2.45) is 0 Å². The molecule has 0 unspecified atom stereocenters. The van der Waals surface area contributed by atoms with Crippen LogP contribution in [0, 0.1) is 11.6 Å². The number of hydrogen-bond donors (Lipinski definition) is 1. The second kappa shape index (κ2) is 4.41. The van der Waals surface area contributed by atoms with E-state index in [0.29, 0.717) is 0 Å². The highest BCUT2D eigenvalue weighted by Gasteiger charge is 2.17. The molecule has 0 bridgehead atoms. The standard InChI is InChI=1S/C14H7F2NO3/c15-7-4-5-10(16)9(6-7)13-17-11-3-1-2-8(14(18)19)12(11)20-13/h1-6H,(H,18,19). The summed E-state index contributed by atoms with van der Waals surface area (Å²) in [6.07, 6.45) is 0. The highest BCUT2D eigenvalue weighted by atomic mass is 19.1. The molecule has 0 aliphatic carbocycles. The number of hydrogen-bond acceptors (Lipinski definition) is 3. The normalized spacial score (nSPS) is 10.9. The summed E-state index contributed by atoms with van der Waals surface area (Å²) in [4.78, 5) is 15.1. The Hall–Kier alpha value is -2.76. The van der Waals surface area contributed by atoms with Crippen LogP contribution in [0.2, 0.25) is 0 Å². The molecule has 0 saturated heterocycles. The first-order valence-corrected chi connectivity index (χ1v) is 5.64. The molecule has 100 valence electrons. The number of para-hydroxylation sites is 1. The van der Waals surface area contributed by atoms with E-state index in [1.807, 2.05) is 0 Å². The third-order valence-corrected chi connectivity index (χ3v) is 2.80. The molecular weight excluding hydrogens is 268 g/mol. The largest absolute Gasteiger partial charge is 0.478 e. The van der Waals surface area contributed by atoms with Crippen molar-refractivity contribution < 1.29 is 23.1 Å². The summed E-state index contributed by atoms with van der Waals surface area (Å²) in [5, 5.41) is 9.04. The van der Waals surface area contributed by atoms with Gasteiger partial charge in [-0.3, -0.25) is 0 Å². The number of nitrogens with zero attached hydrogens (tertiary/aromatic N) is 1. The third kappa shape index (κ3) is 1.91. The van der Waals surface area contributed by atoms with Crippen LogP contribution in [-0.4, -0.2) is 16.1 Å². The average Bonchev–Trinajstić information content (AvgIpc) is 2.84. The van der Waals surface area contributed by atoms with E-state index in [9.17, 15) is 13.6 Å². The Bertz CT molecular complexity index is 826. The predicted molar refractivity (Wildman–Crippen MR) is 66.3 cm³/mol. The Labute approximate surface area is 111 Å². The molecule has 0 atom stereocenters. The SMILES string of the molecule is O=C(O)c1cccc2nc(-c3cc(F)ccc3F)oc12. The average molecular weight is 275 g/mol. The minimum absolute atomic E-state index is 0.0265.